The highest BCUT2D eigenvalue weighted by Crippen LogP contribution is 2.27. The van der Waals surface area contributed by atoms with Crippen molar-refractivity contribution in [3.8, 4) is 5.75 Å². The van der Waals surface area contributed by atoms with Gasteiger partial charge in [0, 0.05) is 5.69 Å². The van der Waals surface area contributed by atoms with Crippen LogP contribution in [0.4, 0.5) is 21.5 Å². The second kappa shape index (κ2) is 4.96. The van der Waals surface area contributed by atoms with Crippen molar-refractivity contribution in [1.82, 2.24) is 0 Å². The van der Waals surface area contributed by atoms with Gasteiger partial charge in [-0.25, -0.2) is 4.39 Å². The molecule has 0 aliphatic rings. The van der Waals surface area contributed by atoms with Crippen LogP contribution in [-0.4, -0.2) is 7.11 Å². The van der Waals surface area contributed by atoms with Gasteiger partial charge in [0.1, 0.15) is 11.6 Å². The van der Waals surface area contributed by atoms with Crippen LogP contribution in [0.3, 0.4) is 0 Å². The molecule has 0 unspecified atom stereocenters. The molecule has 0 bridgehead atoms. The summed E-state index contributed by atoms with van der Waals surface area (Å²) in [6.07, 6.45) is 0. The van der Waals surface area contributed by atoms with Crippen LogP contribution in [-0.2, 0) is 0 Å². The molecule has 0 atom stereocenters. The van der Waals surface area contributed by atoms with E-state index in [1.807, 2.05) is 25.1 Å². The third-order valence-electron chi connectivity index (χ3n) is 2.72. The van der Waals surface area contributed by atoms with E-state index in [9.17, 15) is 4.39 Å². The van der Waals surface area contributed by atoms with E-state index in [0.717, 1.165) is 17.0 Å². The summed E-state index contributed by atoms with van der Waals surface area (Å²) in [4.78, 5) is 0. The van der Waals surface area contributed by atoms with Crippen LogP contribution in [0.1, 0.15) is 5.56 Å². The molecule has 0 saturated heterocycles. The van der Waals surface area contributed by atoms with E-state index in [1.54, 1.807) is 13.2 Å². The molecule has 0 heterocycles. The first-order valence-corrected chi connectivity index (χ1v) is 5.57. The number of benzene rings is 2. The van der Waals surface area contributed by atoms with Gasteiger partial charge in [-0.15, -0.1) is 0 Å². The quantitative estimate of drug-likeness (QED) is 0.815. The van der Waals surface area contributed by atoms with Gasteiger partial charge in [-0.1, -0.05) is 0 Å². The van der Waals surface area contributed by atoms with E-state index in [0.29, 0.717) is 11.4 Å². The molecule has 0 aromatic heterocycles. The van der Waals surface area contributed by atoms with Crippen molar-refractivity contribution in [3.63, 3.8) is 0 Å². The molecule has 3 N–H and O–H groups in total. The second-order valence-electron chi connectivity index (χ2n) is 4.04. The van der Waals surface area contributed by atoms with Crippen molar-refractivity contribution in [3.05, 3.63) is 47.8 Å². The first-order valence-electron chi connectivity index (χ1n) is 5.57. The van der Waals surface area contributed by atoms with Crippen LogP contribution < -0.4 is 15.8 Å². The third-order valence-corrected chi connectivity index (χ3v) is 2.72. The summed E-state index contributed by atoms with van der Waals surface area (Å²) in [5, 5.41) is 3.17. The highest BCUT2D eigenvalue weighted by molar-refractivity contribution is 5.74. The third kappa shape index (κ3) is 2.53. The molecule has 2 aromatic rings. The molecule has 0 spiro atoms. The molecule has 3 nitrogen and oxygen atoms in total. The molecule has 0 aliphatic heterocycles. The molecule has 2 rings (SSSR count). The number of aryl methyl sites for hydroxylation is 1. The van der Waals surface area contributed by atoms with Gasteiger partial charge in [-0.3, -0.25) is 0 Å². The highest BCUT2D eigenvalue weighted by Gasteiger charge is 2.04. The normalized spacial score (nSPS) is 10.2. The predicted molar refractivity (Wildman–Crippen MR) is 71.8 cm³/mol. The summed E-state index contributed by atoms with van der Waals surface area (Å²) < 4.78 is 18.1. The lowest BCUT2D eigenvalue weighted by molar-refractivity contribution is 0.414. The number of methoxy groups -OCH3 is 1. The van der Waals surface area contributed by atoms with Gasteiger partial charge in [0.25, 0.3) is 0 Å². The molecule has 0 radical (unpaired) electrons. The first-order chi connectivity index (χ1) is 8.60. The van der Waals surface area contributed by atoms with Crippen LogP contribution in [0.15, 0.2) is 36.4 Å². The Kier molecular flexibility index (Phi) is 3.37. The maximum atomic E-state index is 12.9. The number of ether oxygens (including phenoxy) is 1. The van der Waals surface area contributed by atoms with Crippen LogP contribution in [0.5, 0.6) is 5.75 Å². The van der Waals surface area contributed by atoms with Gasteiger partial charge in [0.15, 0.2) is 0 Å². The maximum Gasteiger partial charge on any atom is 0.125 e. The standard InChI is InChI=1S/C14H15FN2O/c1-9-7-11(18-2)4-6-13(9)17-14-5-3-10(15)8-12(14)16/h3-8,17H,16H2,1-2H3. The van der Waals surface area contributed by atoms with E-state index in [1.165, 1.54) is 12.1 Å². The first kappa shape index (κ1) is 12.2. The van der Waals surface area contributed by atoms with Crippen LogP contribution in [0.2, 0.25) is 0 Å². The van der Waals surface area contributed by atoms with Gasteiger partial charge in [0.05, 0.1) is 18.5 Å². The molecule has 94 valence electrons. The minimum absolute atomic E-state index is 0.343. The van der Waals surface area contributed by atoms with Crippen molar-refractivity contribution in [2.75, 3.05) is 18.2 Å². The van der Waals surface area contributed by atoms with Crippen molar-refractivity contribution >= 4 is 17.1 Å². The van der Waals surface area contributed by atoms with Crippen molar-refractivity contribution < 1.29 is 9.13 Å². The van der Waals surface area contributed by atoms with E-state index < -0.39 is 0 Å². The Bertz CT molecular complexity index is 570. The second-order valence-corrected chi connectivity index (χ2v) is 4.04. The fraction of sp³-hybridized carbons (Fsp3) is 0.143. The number of nitrogens with one attached hydrogen (secondary N) is 1. The molecular formula is C14H15FN2O. The number of anilines is 3. The fourth-order valence-electron chi connectivity index (χ4n) is 1.70. The van der Waals surface area contributed by atoms with E-state index in [-0.39, 0.29) is 5.82 Å². The van der Waals surface area contributed by atoms with Crippen molar-refractivity contribution in [2.45, 2.75) is 6.92 Å². The predicted octanol–water partition coefficient (Wildman–Crippen LogP) is 3.47. The molecule has 0 aliphatic carbocycles. The number of hydrogen-bond acceptors (Lipinski definition) is 3. The summed E-state index contributed by atoms with van der Waals surface area (Å²) in [5.74, 6) is 0.453. The average molecular weight is 246 g/mol. The van der Waals surface area contributed by atoms with Gasteiger partial charge in [-0.05, 0) is 48.9 Å². The van der Waals surface area contributed by atoms with Crippen molar-refractivity contribution in [1.29, 1.82) is 0 Å². The molecule has 2 aromatic carbocycles. The lowest BCUT2D eigenvalue weighted by Gasteiger charge is -2.12. The Morgan fingerprint density at radius 1 is 1.11 bits per heavy atom. The maximum absolute atomic E-state index is 12.9. The van der Waals surface area contributed by atoms with Gasteiger partial charge < -0.3 is 15.8 Å². The smallest absolute Gasteiger partial charge is 0.125 e. The molecule has 0 fully saturated rings. The molecule has 0 amide bonds. The fourth-order valence-corrected chi connectivity index (χ4v) is 1.70. The minimum atomic E-state index is -0.343. The summed E-state index contributed by atoms with van der Waals surface area (Å²) in [6, 6.07) is 9.96. The Morgan fingerprint density at radius 3 is 2.44 bits per heavy atom. The largest absolute Gasteiger partial charge is 0.497 e. The average Bonchev–Trinajstić information content (AvgIpc) is 2.34. The Hall–Kier alpha value is -2.23. The zero-order valence-electron chi connectivity index (χ0n) is 10.3. The Labute approximate surface area is 105 Å². The highest BCUT2D eigenvalue weighted by atomic mass is 19.1. The number of nitrogens with two attached hydrogens (primary N) is 1. The lowest BCUT2D eigenvalue weighted by Crippen LogP contribution is -1.98. The lowest BCUT2D eigenvalue weighted by atomic mass is 10.1. The van der Waals surface area contributed by atoms with E-state index >= 15 is 0 Å². The molecular weight excluding hydrogens is 231 g/mol. The van der Waals surface area contributed by atoms with Crippen LogP contribution in [0.25, 0.3) is 0 Å². The van der Waals surface area contributed by atoms with Gasteiger partial charge in [0.2, 0.25) is 0 Å². The molecule has 0 saturated carbocycles. The summed E-state index contributed by atoms with van der Waals surface area (Å²) in [6.45, 7) is 1.96. The topological polar surface area (TPSA) is 47.3 Å². The number of hydrogen-bond donors (Lipinski definition) is 2. The Morgan fingerprint density at radius 2 is 1.83 bits per heavy atom. The number of halogens is 1. The molecule has 4 heteroatoms. The minimum Gasteiger partial charge on any atom is -0.497 e. The van der Waals surface area contributed by atoms with Crippen molar-refractivity contribution in [2.24, 2.45) is 0 Å². The SMILES string of the molecule is COc1ccc(Nc2ccc(F)cc2N)c(C)c1. The zero-order chi connectivity index (χ0) is 13.1. The van der Waals surface area contributed by atoms with Crippen LogP contribution in [0, 0.1) is 12.7 Å². The Balaban J connectivity index is 2.28. The summed E-state index contributed by atoms with van der Waals surface area (Å²) in [5.41, 5.74) is 8.75. The summed E-state index contributed by atoms with van der Waals surface area (Å²) >= 11 is 0. The van der Waals surface area contributed by atoms with E-state index in [4.69, 9.17) is 10.5 Å². The van der Waals surface area contributed by atoms with E-state index in [2.05, 4.69) is 5.32 Å². The number of nitrogen functional groups attached to an aromatic ring is 1. The monoisotopic (exact) mass is 246 g/mol. The van der Waals surface area contributed by atoms with Gasteiger partial charge >= 0.3 is 0 Å². The molecule has 18 heavy (non-hydrogen) atoms. The zero-order valence-corrected chi connectivity index (χ0v) is 10.3. The van der Waals surface area contributed by atoms with Gasteiger partial charge in [-0.2, -0.15) is 0 Å². The van der Waals surface area contributed by atoms with Crippen LogP contribution >= 0.6 is 0 Å². The summed E-state index contributed by atoms with van der Waals surface area (Å²) in [7, 11) is 1.62. The number of rotatable bonds is 3.